The van der Waals surface area contributed by atoms with Crippen LogP contribution in [0.4, 0.5) is 5.69 Å². The second kappa shape index (κ2) is 7.43. The topological polar surface area (TPSA) is 49.4 Å². The lowest BCUT2D eigenvalue weighted by molar-refractivity contribution is -0.137. The van der Waals surface area contributed by atoms with Gasteiger partial charge in [0.2, 0.25) is 11.8 Å². The number of benzene rings is 1. The number of hydrogen-bond acceptors (Lipinski definition) is 2. The first kappa shape index (κ1) is 16.5. The highest BCUT2D eigenvalue weighted by atomic mass is 16.2. The monoisotopic (exact) mass is 302 g/mol. The molecule has 1 aliphatic rings. The molecule has 4 heteroatoms. The molecular weight excluding hydrogens is 276 g/mol. The van der Waals surface area contributed by atoms with Crippen molar-refractivity contribution >= 4 is 17.5 Å². The van der Waals surface area contributed by atoms with Crippen LogP contribution in [0.5, 0.6) is 0 Å². The Labute approximate surface area is 132 Å². The fourth-order valence-corrected chi connectivity index (χ4v) is 2.80. The fraction of sp³-hybridized carbons (Fsp3) is 0.556. The van der Waals surface area contributed by atoms with Crippen LogP contribution in [-0.4, -0.2) is 29.8 Å². The van der Waals surface area contributed by atoms with Gasteiger partial charge in [-0.1, -0.05) is 32.9 Å². The number of nitrogens with zero attached hydrogens (tertiary/aromatic N) is 1. The molecule has 1 heterocycles. The first-order valence-electron chi connectivity index (χ1n) is 8.19. The molecule has 0 aliphatic carbocycles. The van der Waals surface area contributed by atoms with E-state index in [4.69, 9.17) is 0 Å². The van der Waals surface area contributed by atoms with Gasteiger partial charge in [-0.3, -0.25) is 9.59 Å². The Bertz CT molecular complexity index is 514. The van der Waals surface area contributed by atoms with Crippen LogP contribution >= 0.6 is 0 Å². The summed E-state index contributed by atoms with van der Waals surface area (Å²) in [6.45, 7) is 7.32. The Morgan fingerprint density at radius 2 is 1.77 bits per heavy atom. The number of amides is 2. The summed E-state index contributed by atoms with van der Waals surface area (Å²) in [5, 5.41) is 2.99. The first-order chi connectivity index (χ1) is 10.5. The predicted molar refractivity (Wildman–Crippen MR) is 88.6 cm³/mol. The van der Waals surface area contributed by atoms with E-state index in [-0.39, 0.29) is 23.7 Å². The highest BCUT2D eigenvalue weighted by Crippen LogP contribution is 2.21. The Morgan fingerprint density at radius 3 is 2.27 bits per heavy atom. The zero-order valence-electron chi connectivity index (χ0n) is 13.8. The average Bonchev–Trinajstić information content (AvgIpc) is 2.55. The lowest BCUT2D eigenvalue weighted by atomic mass is 9.95. The van der Waals surface area contributed by atoms with E-state index in [0.29, 0.717) is 13.1 Å². The maximum absolute atomic E-state index is 12.3. The van der Waals surface area contributed by atoms with Crippen LogP contribution in [0.1, 0.15) is 39.2 Å². The molecule has 1 aromatic rings. The molecule has 1 aliphatic heterocycles. The van der Waals surface area contributed by atoms with Gasteiger partial charge in [-0.2, -0.15) is 0 Å². The molecule has 1 N–H and O–H groups in total. The van der Waals surface area contributed by atoms with Crippen molar-refractivity contribution in [1.82, 2.24) is 4.90 Å². The highest BCUT2D eigenvalue weighted by molar-refractivity contribution is 5.92. The van der Waals surface area contributed by atoms with E-state index < -0.39 is 0 Å². The van der Waals surface area contributed by atoms with Crippen LogP contribution in [0, 0.1) is 11.8 Å². The molecule has 1 fully saturated rings. The van der Waals surface area contributed by atoms with E-state index in [1.165, 1.54) is 5.56 Å². The quantitative estimate of drug-likeness (QED) is 0.929. The summed E-state index contributed by atoms with van der Waals surface area (Å²) in [5.74, 6) is 0.291. The third-order valence-corrected chi connectivity index (χ3v) is 4.30. The zero-order valence-corrected chi connectivity index (χ0v) is 13.8. The largest absolute Gasteiger partial charge is 0.342 e. The Kier molecular flexibility index (Phi) is 5.58. The van der Waals surface area contributed by atoms with Gasteiger partial charge in [0.05, 0.1) is 0 Å². The third kappa shape index (κ3) is 4.09. The van der Waals surface area contributed by atoms with E-state index >= 15 is 0 Å². The predicted octanol–water partition coefficient (Wildman–Crippen LogP) is 3.08. The van der Waals surface area contributed by atoms with Gasteiger partial charge in [-0.15, -0.1) is 0 Å². The Balaban J connectivity index is 1.85. The van der Waals surface area contributed by atoms with Crippen LogP contribution in [0.2, 0.25) is 0 Å². The van der Waals surface area contributed by atoms with Gasteiger partial charge in [0, 0.05) is 30.6 Å². The van der Waals surface area contributed by atoms with Crippen molar-refractivity contribution in [2.45, 2.75) is 40.0 Å². The van der Waals surface area contributed by atoms with Crippen molar-refractivity contribution in [2.24, 2.45) is 11.8 Å². The summed E-state index contributed by atoms with van der Waals surface area (Å²) in [6, 6.07) is 7.99. The zero-order chi connectivity index (χ0) is 16.1. The number of hydrogen-bond donors (Lipinski definition) is 1. The Hall–Kier alpha value is -1.84. The number of carbonyl (C=O) groups is 2. The van der Waals surface area contributed by atoms with Crippen LogP contribution in [-0.2, 0) is 16.0 Å². The molecule has 0 radical (unpaired) electrons. The van der Waals surface area contributed by atoms with Gasteiger partial charge in [0.25, 0.3) is 0 Å². The number of piperidine rings is 1. The van der Waals surface area contributed by atoms with Crippen molar-refractivity contribution < 1.29 is 9.59 Å². The minimum atomic E-state index is 0.00191. The highest BCUT2D eigenvalue weighted by Gasteiger charge is 2.28. The van der Waals surface area contributed by atoms with E-state index in [0.717, 1.165) is 24.9 Å². The molecule has 2 amide bonds. The van der Waals surface area contributed by atoms with Gasteiger partial charge in [-0.05, 0) is 37.0 Å². The minimum Gasteiger partial charge on any atom is -0.342 e. The molecule has 1 saturated heterocycles. The van der Waals surface area contributed by atoms with E-state index in [1.807, 2.05) is 43.0 Å². The summed E-state index contributed by atoms with van der Waals surface area (Å²) in [7, 11) is 0. The summed E-state index contributed by atoms with van der Waals surface area (Å²) in [4.78, 5) is 26.1. The average molecular weight is 302 g/mol. The number of nitrogens with one attached hydrogen (secondary N) is 1. The lowest BCUT2D eigenvalue weighted by Gasteiger charge is -2.32. The number of aryl methyl sites for hydroxylation is 1. The smallest absolute Gasteiger partial charge is 0.227 e. The molecule has 0 bridgehead atoms. The molecule has 22 heavy (non-hydrogen) atoms. The van der Waals surface area contributed by atoms with Crippen LogP contribution in [0.15, 0.2) is 24.3 Å². The summed E-state index contributed by atoms with van der Waals surface area (Å²) < 4.78 is 0. The maximum atomic E-state index is 12.3. The molecule has 120 valence electrons. The Morgan fingerprint density at radius 1 is 1.18 bits per heavy atom. The van der Waals surface area contributed by atoms with Gasteiger partial charge in [0.1, 0.15) is 0 Å². The standard InChI is InChI=1S/C18H26N2O2/c1-4-14-5-7-16(8-6-14)19-17(21)15-9-11-20(12-10-15)18(22)13(2)3/h5-8,13,15H,4,9-12H2,1-3H3,(H,19,21). The molecule has 0 atom stereocenters. The lowest BCUT2D eigenvalue weighted by Crippen LogP contribution is -2.43. The van der Waals surface area contributed by atoms with Crippen LogP contribution in [0.25, 0.3) is 0 Å². The minimum absolute atomic E-state index is 0.00191. The SMILES string of the molecule is CCc1ccc(NC(=O)C2CCN(C(=O)C(C)C)CC2)cc1. The van der Waals surface area contributed by atoms with Gasteiger partial charge >= 0.3 is 0 Å². The van der Waals surface area contributed by atoms with Crippen molar-refractivity contribution in [3.8, 4) is 0 Å². The molecule has 0 aromatic heterocycles. The van der Waals surface area contributed by atoms with Gasteiger partial charge in [0.15, 0.2) is 0 Å². The molecular formula is C18H26N2O2. The second-order valence-corrected chi connectivity index (χ2v) is 6.29. The van der Waals surface area contributed by atoms with E-state index in [9.17, 15) is 9.59 Å². The summed E-state index contributed by atoms with van der Waals surface area (Å²) >= 11 is 0. The summed E-state index contributed by atoms with van der Waals surface area (Å²) in [6.07, 6.45) is 2.49. The normalized spacial score (nSPS) is 15.9. The second-order valence-electron chi connectivity index (χ2n) is 6.29. The fourth-order valence-electron chi connectivity index (χ4n) is 2.80. The summed E-state index contributed by atoms with van der Waals surface area (Å²) in [5.41, 5.74) is 2.11. The molecule has 0 unspecified atom stereocenters. The van der Waals surface area contributed by atoms with Crippen molar-refractivity contribution in [1.29, 1.82) is 0 Å². The third-order valence-electron chi connectivity index (χ3n) is 4.30. The van der Waals surface area contributed by atoms with Crippen LogP contribution < -0.4 is 5.32 Å². The molecule has 1 aromatic carbocycles. The van der Waals surface area contributed by atoms with Gasteiger partial charge in [-0.25, -0.2) is 0 Å². The van der Waals surface area contributed by atoms with Crippen molar-refractivity contribution in [3.05, 3.63) is 29.8 Å². The number of rotatable bonds is 4. The van der Waals surface area contributed by atoms with Gasteiger partial charge < -0.3 is 10.2 Å². The number of anilines is 1. The molecule has 4 nitrogen and oxygen atoms in total. The van der Waals surface area contributed by atoms with E-state index in [1.54, 1.807) is 0 Å². The molecule has 2 rings (SSSR count). The molecule has 0 saturated carbocycles. The molecule has 0 spiro atoms. The van der Waals surface area contributed by atoms with E-state index in [2.05, 4.69) is 12.2 Å². The maximum Gasteiger partial charge on any atom is 0.227 e. The number of likely N-dealkylation sites (tertiary alicyclic amines) is 1. The number of carbonyl (C=O) groups excluding carboxylic acids is 2. The van der Waals surface area contributed by atoms with Crippen molar-refractivity contribution in [2.75, 3.05) is 18.4 Å². The van der Waals surface area contributed by atoms with Crippen LogP contribution in [0.3, 0.4) is 0 Å². The van der Waals surface area contributed by atoms with Crippen molar-refractivity contribution in [3.63, 3.8) is 0 Å². The first-order valence-corrected chi connectivity index (χ1v) is 8.19.